The van der Waals surface area contributed by atoms with E-state index >= 15 is 0 Å². The molecule has 1 heterocycles. The number of hydrogen-bond acceptors (Lipinski definition) is 4. The van der Waals surface area contributed by atoms with Crippen LogP contribution in [0.15, 0.2) is 35.3 Å². The fourth-order valence-electron chi connectivity index (χ4n) is 2.78. The van der Waals surface area contributed by atoms with Gasteiger partial charge in [0.2, 0.25) is 0 Å². The van der Waals surface area contributed by atoms with Crippen LogP contribution in [0, 0.1) is 0 Å². The predicted molar refractivity (Wildman–Crippen MR) is 77.4 cm³/mol. The molecule has 1 aliphatic rings. The smallest absolute Gasteiger partial charge is 0.345 e. The maximum absolute atomic E-state index is 12.0. The average molecular weight is 284 g/mol. The average Bonchev–Trinajstić information content (AvgIpc) is 2.91. The van der Waals surface area contributed by atoms with Crippen molar-refractivity contribution in [1.29, 1.82) is 0 Å². The van der Waals surface area contributed by atoms with Gasteiger partial charge in [0.1, 0.15) is 11.4 Å². The Kier molecular flexibility index (Phi) is 3.56. The van der Waals surface area contributed by atoms with Crippen LogP contribution < -0.4 is 5.56 Å². The van der Waals surface area contributed by atoms with Crippen LogP contribution in [0.5, 0.6) is 0 Å². The lowest BCUT2D eigenvalue weighted by Crippen LogP contribution is -2.23. The predicted octanol–water partition coefficient (Wildman–Crippen LogP) is 2.02. The number of nitrogens with zero attached hydrogens (tertiary/aromatic N) is 1. The molecule has 0 saturated heterocycles. The zero-order chi connectivity index (χ0) is 14.8. The number of benzene rings is 1. The Bertz CT molecular complexity index is 736. The summed E-state index contributed by atoms with van der Waals surface area (Å²) in [5, 5.41) is 0. The van der Waals surface area contributed by atoms with Gasteiger partial charge in [-0.1, -0.05) is 24.3 Å². The van der Waals surface area contributed by atoms with Gasteiger partial charge in [0.15, 0.2) is 0 Å². The summed E-state index contributed by atoms with van der Waals surface area (Å²) in [6, 6.07) is 8.16. The SMILES string of the molecule is CCOC(=O)c1cnc(C2CCc3ccccc32)[nH]c1=O. The standard InChI is InChI=1S/C16H16N2O3/c1-2-21-16(20)13-9-17-14(18-15(13)19)12-8-7-10-5-3-4-6-11(10)12/h3-6,9,12H,2,7-8H2,1H3,(H,17,18,19). The largest absolute Gasteiger partial charge is 0.462 e. The number of aryl methyl sites for hydroxylation is 1. The molecule has 1 unspecified atom stereocenters. The quantitative estimate of drug-likeness (QED) is 0.875. The molecular formula is C16H16N2O3. The van der Waals surface area contributed by atoms with Crippen molar-refractivity contribution in [2.75, 3.05) is 6.61 Å². The van der Waals surface area contributed by atoms with Crippen LogP contribution in [0.25, 0.3) is 0 Å². The minimum Gasteiger partial charge on any atom is -0.462 e. The highest BCUT2D eigenvalue weighted by Gasteiger charge is 2.26. The molecule has 1 aliphatic carbocycles. The highest BCUT2D eigenvalue weighted by atomic mass is 16.5. The molecular weight excluding hydrogens is 268 g/mol. The zero-order valence-corrected chi connectivity index (χ0v) is 11.8. The molecule has 0 spiro atoms. The van der Waals surface area contributed by atoms with Crippen molar-refractivity contribution in [2.24, 2.45) is 0 Å². The van der Waals surface area contributed by atoms with Gasteiger partial charge in [-0.25, -0.2) is 9.78 Å². The Hall–Kier alpha value is -2.43. The molecule has 0 aliphatic heterocycles. The van der Waals surface area contributed by atoms with E-state index in [9.17, 15) is 9.59 Å². The minimum atomic E-state index is -0.635. The Balaban J connectivity index is 1.94. The van der Waals surface area contributed by atoms with Gasteiger partial charge in [0, 0.05) is 12.1 Å². The van der Waals surface area contributed by atoms with Gasteiger partial charge < -0.3 is 9.72 Å². The van der Waals surface area contributed by atoms with Crippen molar-refractivity contribution in [3.8, 4) is 0 Å². The normalized spacial score (nSPS) is 16.5. The number of ether oxygens (including phenoxy) is 1. The maximum Gasteiger partial charge on any atom is 0.345 e. The summed E-state index contributed by atoms with van der Waals surface area (Å²) >= 11 is 0. The molecule has 0 amide bonds. The van der Waals surface area contributed by atoms with Crippen LogP contribution in [0.2, 0.25) is 0 Å². The van der Waals surface area contributed by atoms with E-state index in [0.717, 1.165) is 12.8 Å². The van der Waals surface area contributed by atoms with E-state index in [1.54, 1.807) is 6.92 Å². The Labute approximate surface area is 122 Å². The van der Waals surface area contributed by atoms with Crippen molar-refractivity contribution in [2.45, 2.75) is 25.7 Å². The van der Waals surface area contributed by atoms with Crippen molar-refractivity contribution >= 4 is 5.97 Å². The zero-order valence-electron chi connectivity index (χ0n) is 11.8. The first kappa shape index (κ1) is 13.5. The van der Waals surface area contributed by atoms with E-state index in [2.05, 4.69) is 22.1 Å². The molecule has 108 valence electrons. The number of hydrogen-bond donors (Lipinski definition) is 1. The molecule has 0 bridgehead atoms. The second-order valence-electron chi connectivity index (χ2n) is 5.02. The van der Waals surface area contributed by atoms with Gasteiger partial charge in [-0.2, -0.15) is 0 Å². The van der Waals surface area contributed by atoms with Crippen LogP contribution in [0.3, 0.4) is 0 Å². The lowest BCUT2D eigenvalue weighted by Gasteiger charge is -2.11. The molecule has 0 radical (unpaired) electrons. The van der Waals surface area contributed by atoms with Crippen LogP contribution in [0.1, 0.15) is 46.6 Å². The number of carbonyl (C=O) groups is 1. The number of esters is 1. The Morgan fingerprint density at radius 1 is 1.43 bits per heavy atom. The van der Waals surface area contributed by atoms with Crippen molar-refractivity contribution in [1.82, 2.24) is 9.97 Å². The van der Waals surface area contributed by atoms with E-state index < -0.39 is 11.5 Å². The fraction of sp³-hybridized carbons (Fsp3) is 0.312. The summed E-state index contributed by atoms with van der Waals surface area (Å²) in [7, 11) is 0. The number of aromatic nitrogens is 2. The van der Waals surface area contributed by atoms with Gasteiger partial charge in [-0.15, -0.1) is 0 Å². The van der Waals surface area contributed by atoms with Crippen molar-refractivity contribution < 1.29 is 9.53 Å². The molecule has 0 saturated carbocycles. The molecule has 1 N–H and O–H groups in total. The fourth-order valence-corrected chi connectivity index (χ4v) is 2.78. The molecule has 2 aromatic rings. The monoisotopic (exact) mass is 284 g/mol. The van der Waals surface area contributed by atoms with E-state index in [-0.39, 0.29) is 18.1 Å². The molecule has 1 aromatic heterocycles. The van der Waals surface area contributed by atoms with Gasteiger partial charge in [-0.3, -0.25) is 4.79 Å². The first-order valence-electron chi connectivity index (χ1n) is 7.05. The molecule has 21 heavy (non-hydrogen) atoms. The third kappa shape index (κ3) is 2.46. The molecule has 0 fully saturated rings. The third-order valence-electron chi connectivity index (χ3n) is 3.78. The van der Waals surface area contributed by atoms with E-state index in [1.165, 1.54) is 17.3 Å². The molecule has 5 nitrogen and oxygen atoms in total. The summed E-state index contributed by atoms with van der Waals surface area (Å²) in [4.78, 5) is 30.6. The first-order chi connectivity index (χ1) is 10.2. The summed E-state index contributed by atoms with van der Waals surface area (Å²) in [6.45, 7) is 1.93. The molecule has 1 atom stereocenters. The summed E-state index contributed by atoms with van der Waals surface area (Å²) in [5.74, 6) is 0.0627. The first-order valence-corrected chi connectivity index (χ1v) is 7.05. The van der Waals surface area contributed by atoms with Gasteiger partial charge in [0.25, 0.3) is 5.56 Å². The second-order valence-corrected chi connectivity index (χ2v) is 5.02. The van der Waals surface area contributed by atoms with Crippen molar-refractivity contribution in [3.63, 3.8) is 0 Å². The van der Waals surface area contributed by atoms with E-state index in [0.29, 0.717) is 5.82 Å². The number of fused-ring (bicyclic) bond motifs is 1. The number of H-pyrrole nitrogens is 1. The van der Waals surface area contributed by atoms with Crippen LogP contribution in [0.4, 0.5) is 0 Å². The maximum atomic E-state index is 12.0. The number of nitrogens with one attached hydrogen (secondary N) is 1. The molecule has 1 aromatic carbocycles. The Morgan fingerprint density at radius 2 is 2.24 bits per heavy atom. The van der Waals surface area contributed by atoms with Crippen LogP contribution in [-0.2, 0) is 11.2 Å². The summed E-state index contributed by atoms with van der Waals surface area (Å²) in [6.07, 6.45) is 3.21. The second kappa shape index (κ2) is 5.52. The third-order valence-corrected chi connectivity index (χ3v) is 3.78. The number of carbonyl (C=O) groups excluding carboxylic acids is 1. The van der Waals surface area contributed by atoms with Crippen LogP contribution >= 0.6 is 0 Å². The van der Waals surface area contributed by atoms with Crippen molar-refractivity contribution in [3.05, 3.63) is 63.3 Å². The van der Waals surface area contributed by atoms with Gasteiger partial charge in [0.05, 0.1) is 6.61 Å². The van der Waals surface area contributed by atoms with Gasteiger partial charge >= 0.3 is 5.97 Å². The Morgan fingerprint density at radius 3 is 3.00 bits per heavy atom. The summed E-state index contributed by atoms with van der Waals surface area (Å²) in [5.41, 5.74) is 2.00. The highest BCUT2D eigenvalue weighted by Crippen LogP contribution is 2.35. The summed E-state index contributed by atoms with van der Waals surface area (Å²) < 4.78 is 4.83. The van der Waals surface area contributed by atoms with Gasteiger partial charge in [-0.05, 0) is 30.9 Å². The topological polar surface area (TPSA) is 72.0 Å². The molecule has 3 rings (SSSR count). The van der Waals surface area contributed by atoms with E-state index in [4.69, 9.17) is 4.74 Å². The van der Waals surface area contributed by atoms with Crippen LogP contribution in [-0.4, -0.2) is 22.5 Å². The highest BCUT2D eigenvalue weighted by molar-refractivity contribution is 5.88. The number of aromatic amines is 1. The molecule has 5 heteroatoms. The lowest BCUT2D eigenvalue weighted by molar-refractivity contribution is 0.0523. The number of rotatable bonds is 3. The minimum absolute atomic E-state index is 0.0492. The lowest BCUT2D eigenvalue weighted by atomic mass is 10.0. The van der Waals surface area contributed by atoms with E-state index in [1.807, 2.05) is 12.1 Å².